The fourth-order valence-electron chi connectivity index (χ4n) is 3.15. The molecule has 160 valence electrons. The van der Waals surface area contributed by atoms with Gasteiger partial charge in [0.05, 0.1) is 4.92 Å². The van der Waals surface area contributed by atoms with E-state index in [0.717, 1.165) is 0 Å². The van der Waals surface area contributed by atoms with Crippen LogP contribution in [0.25, 0.3) is 22.6 Å². The lowest BCUT2D eigenvalue weighted by Gasteiger charge is -2.11. The lowest BCUT2D eigenvalue weighted by Crippen LogP contribution is -2.34. The number of nitrogens with one attached hydrogen (secondary N) is 2. The fraction of sp³-hybridized carbons (Fsp3) is 0.0455. The molecule has 1 heterocycles. The van der Waals surface area contributed by atoms with E-state index in [1.165, 1.54) is 25.1 Å². The predicted molar refractivity (Wildman–Crippen MR) is 126 cm³/mol. The van der Waals surface area contributed by atoms with Crippen LogP contribution in [0.3, 0.4) is 0 Å². The number of aromatic nitrogens is 1. The van der Waals surface area contributed by atoms with E-state index in [2.05, 4.69) is 15.6 Å². The highest BCUT2D eigenvalue weighted by Gasteiger charge is 2.18. The minimum atomic E-state index is -0.546. The number of oxazole rings is 1. The van der Waals surface area contributed by atoms with Crippen molar-refractivity contribution in [3.63, 3.8) is 0 Å². The number of hydrogen-bond donors (Lipinski definition) is 2. The molecule has 32 heavy (non-hydrogen) atoms. The lowest BCUT2D eigenvalue weighted by molar-refractivity contribution is -0.385. The molecule has 0 aliphatic carbocycles. The SMILES string of the molecule is Cc1c(C(=O)NC(=S)Nc2cccc(-c3nc4cc(Cl)ccc4o3)c2)cccc1[N+](=O)[O-]. The zero-order valence-corrected chi connectivity index (χ0v) is 18.2. The molecular formula is C22H15ClN4O4S. The molecule has 1 aromatic heterocycles. The van der Waals surface area contributed by atoms with Crippen LogP contribution in [0.5, 0.6) is 0 Å². The van der Waals surface area contributed by atoms with E-state index < -0.39 is 10.8 Å². The molecule has 0 radical (unpaired) electrons. The maximum Gasteiger partial charge on any atom is 0.273 e. The van der Waals surface area contributed by atoms with Gasteiger partial charge in [-0.15, -0.1) is 0 Å². The van der Waals surface area contributed by atoms with Gasteiger partial charge in [0.15, 0.2) is 10.7 Å². The van der Waals surface area contributed by atoms with Crippen molar-refractivity contribution >= 4 is 57.3 Å². The Balaban J connectivity index is 1.50. The average Bonchev–Trinajstić information content (AvgIpc) is 3.17. The molecule has 2 N–H and O–H groups in total. The minimum absolute atomic E-state index is 0.0439. The molecule has 0 unspecified atom stereocenters. The number of benzene rings is 3. The van der Waals surface area contributed by atoms with Crippen molar-refractivity contribution in [1.29, 1.82) is 0 Å². The molecule has 0 saturated heterocycles. The van der Waals surface area contributed by atoms with Crippen LogP contribution in [-0.4, -0.2) is 20.9 Å². The number of anilines is 1. The number of thiocarbonyl (C=S) groups is 1. The van der Waals surface area contributed by atoms with Crippen molar-refractivity contribution in [3.8, 4) is 11.5 Å². The summed E-state index contributed by atoms with van der Waals surface area (Å²) >= 11 is 11.2. The van der Waals surface area contributed by atoms with Gasteiger partial charge >= 0.3 is 0 Å². The molecule has 8 nitrogen and oxygen atoms in total. The van der Waals surface area contributed by atoms with Gasteiger partial charge < -0.3 is 9.73 Å². The summed E-state index contributed by atoms with van der Waals surface area (Å²) in [7, 11) is 0. The van der Waals surface area contributed by atoms with Gasteiger partial charge in [0.2, 0.25) is 5.89 Å². The third-order valence-corrected chi connectivity index (χ3v) is 5.13. The summed E-state index contributed by atoms with van der Waals surface area (Å²) in [6.45, 7) is 1.51. The Labute approximate surface area is 192 Å². The number of halogens is 1. The van der Waals surface area contributed by atoms with Crippen molar-refractivity contribution in [2.45, 2.75) is 6.92 Å². The molecule has 0 fully saturated rings. The Kier molecular flexibility index (Phi) is 5.85. The number of carbonyl (C=O) groups is 1. The molecule has 0 bridgehead atoms. The molecule has 0 atom stereocenters. The van der Waals surface area contributed by atoms with E-state index >= 15 is 0 Å². The van der Waals surface area contributed by atoms with E-state index in [9.17, 15) is 14.9 Å². The van der Waals surface area contributed by atoms with Gasteiger partial charge in [0.25, 0.3) is 11.6 Å². The first kappa shape index (κ1) is 21.4. The zero-order valence-electron chi connectivity index (χ0n) is 16.6. The Morgan fingerprint density at radius 1 is 1.16 bits per heavy atom. The van der Waals surface area contributed by atoms with Gasteiger partial charge in [-0.1, -0.05) is 23.7 Å². The topological polar surface area (TPSA) is 110 Å². The van der Waals surface area contributed by atoms with Gasteiger partial charge in [0, 0.05) is 33.5 Å². The molecular weight excluding hydrogens is 452 g/mol. The monoisotopic (exact) mass is 466 g/mol. The summed E-state index contributed by atoms with van der Waals surface area (Å²) in [5.74, 6) is -0.135. The largest absolute Gasteiger partial charge is 0.436 e. The summed E-state index contributed by atoms with van der Waals surface area (Å²) in [5, 5.41) is 17.2. The van der Waals surface area contributed by atoms with Gasteiger partial charge in [-0.3, -0.25) is 20.2 Å². The first-order valence-electron chi connectivity index (χ1n) is 9.34. The van der Waals surface area contributed by atoms with Crippen LogP contribution >= 0.6 is 23.8 Å². The predicted octanol–water partition coefficient (Wildman–Crippen LogP) is 5.49. The molecule has 0 spiro atoms. The first-order chi connectivity index (χ1) is 15.3. The fourth-order valence-corrected chi connectivity index (χ4v) is 3.53. The summed E-state index contributed by atoms with van der Waals surface area (Å²) in [5.41, 5.74) is 2.84. The number of amides is 1. The first-order valence-corrected chi connectivity index (χ1v) is 10.1. The summed E-state index contributed by atoms with van der Waals surface area (Å²) in [4.78, 5) is 27.6. The average molecular weight is 467 g/mol. The van der Waals surface area contributed by atoms with Crippen LogP contribution in [0.1, 0.15) is 15.9 Å². The maximum absolute atomic E-state index is 12.6. The van der Waals surface area contributed by atoms with Crippen LogP contribution in [0.2, 0.25) is 5.02 Å². The second kappa shape index (κ2) is 8.74. The van der Waals surface area contributed by atoms with Crippen molar-refractivity contribution in [1.82, 2.24) is 10.3 Å². The quantitative estimate of drug-likeness (QED) is 0.232. The highest BCUT2D eigenvalue weighted by atomic mass is 35.5. The highest BCUT2D eigenvalue weighted by Crippen LogP contribution is 2.28. The van der Waals surface area contributed by atoms with E-state index in [-0.39, 0.29) is 21.9 Å². The standard InChI is InChI=1S/C22H15ClN4O4S/c1-12-16(6-3-7-18(12)27(29)30)20(28)26-22(32)24-15-5-2-4-13(10-15)21-25-17-11-14(23)8-9-19(17)31-21/h2-11H,1H3,(H2,24,26,28,32). The summed E-state index contributed by atoms with van der Waals surface area (Å²) in [6.07, 6.45) is 0. The molecule has 0 aliphatic rings. The zero-order chi connectivity index (χ0) is 22.8. The summed E-state index contributed by atoms with van der Waals surface area (Å²) < 4.78 is 5.78. The van der Waals surface area contributed by atoms with Crippen molar-refractivity contribution < 1.29 is 14.1 Å². The second-order valence-corrected chi connectivity index (χ2v) is 7.67. The Morgan fingerprint density at radius 2 is 1.94 bits per heavy atom. The second-order valence-electron chi connectivity index (χ2n) is 6.83. The number of carbonyl (C=O) groups excluding carboxylic acids is 1. The molecule has 1 amide bonds. The highest BCUT2D eigenvalue weighted by molar-refractivity contribution is 7.80. The van der Waals surface area contributed by atoms with E-state index in [1.807, 2.05) is 6.07 Å². The van der Waals surface area contributed by atoms with Gasteiger partial charge in [-0.05, 0) is 61.6 Å². The van der Waals surface area contributed by atoms with E-state index in [4.69, 9.17) is 28.2 Å². The Morgan fingerprint density at radius 3 is 2.72 bits per heavy atom. The van der Waals surface area contributed by atoms with Crippen molar-refractivity contribution in [2.75, 3.05) is 5.32 Å². The number of hydrogen-bond acceptors (Lipinski definition) is 6. The van der Waals surface area contributed by atoms with Crippen LogP contribution in [0, 0.1) is 17.0 Å². The lowest BCUT2D eigenvalue weighted by atomic mass is 10.1. The number of nitro benzene ring substituents is 1. The Hall–Kier alpha value is -3.82. The van der Waals surface area contributed by atoms with E-state index in [0.29, 0.717) is 33.3 Å². The van der Waals surface area contributed by atoms with Crippen LogP contribution < -0.4 is 10.6 Å². The van der Waals surface area contributed by atoms with Crippen LogP contribution in [0.15, 0.2) is 65.1 Å². The smallest absolute Gasteiger partial charge is 0.273 e. The third-order valence-electron chi connectivity index (χ3n) is 4.69. The van der Waals surface area contributed by atoms with Crippen LogP contribution in [0.4, 0.5) is 11.4 Å². The van der Waals surface area contributed by atoms with Crippen LogP contribution in [-0.2, 0) is 0 Å². The normalized spacial score (nSPS) is 10.7. The molecule has 4 rings (SSSR count). The van der Waals surface area contributed by atoms with E-state index in [1.54, 1.807) is 36.4 Å². The molecule has 0 saturated carbocycles. The molecule has 0 aliphatic heterocycles. The minimum Gasteiger partial charge on any atom is -0.436 e. The van der Waals surface area contributed by atoms with Gasteiger partial charge in [0.1, 0.15) is 5.52 Å². The summed E-state index contributed by atoms with van der Waals surface area (Å²) in [6, 6.07) is 16.6. The molecule has 4 aromatic rings. The number of nitro groups is 1. The van der Waals surface area contributed by atoms with Gasteiger partial charge in [-0.25, -0.2) is 4.98 Å². The number of fused-ring (bicyclic) bond motifs is 1. The molecule has 3 aromatic carbocycles. The number of rotatable bonds is 4. The van der Waals surface area contributed by atoms with Crippen molar-refractivity contribution in [2.24, 2.45) is 0 Å². The maximum atomic E-state index is 12.6. The van der Waals surface area contributed by atoms with Gasteiger partial charge in [-0.2, -0.15) is 0 Å². The van der Waals surface area contributed by atoms with Crippen molar-refractivity contribution in [3.05, 3.63) is 86.9 Å². The Bertz CT molecular complexity index is 1390. The number of nitrogens with zero attached hydrogens (tertiary/aromatic N) is 2. The molecule has 10 heteroatoms. The third kappa shape index (κ3) is 4.43.